The summed E-state index contributed by atoms with van der Waals surface area (Å²) < 4.78 is 18.4. The molecule has 2 amide bonds. The van der Waals surface area contributed by atoms with Crippen LogP contribution in [0.15, 0.2) is 48.5 Å². The highest BCUT2D eigenvalue weighted by Crippen LogP contribution is 2.18. The minimum atomic E-state index is -0.924. The van der Waals surface area contributed by atoms with Crippen molar-refractivity contribution >= 4 is 11.8 Å². The van der Waals surface area contributed by atoms with Crippen LogP contribution in [0, 0.1) is 5.82 Å². The fraction of sp³-hybridized carbons (Fsp3) is 0.176. The first kappa shape index (κ1) is 16.5. The molecule has 0 spiro atoms. The maximum atomic E-state index is 13.6. The van der Waals surface area contributed by atoms with Crippen LogP contribution in [0.4, 0.5) is 4.39 Å². The third-order valence-corrected chi connectivity index (χ3v) is 3.30. The minimum Gasteiger partial charge on any atom is -0.494 e. The Morgan fingerprint density at radius 1 is 1.22 bits per heavy atom. The van der Waals surface area contributed by atoms with Gasteiger partial charge in [0.15, 0.2) is 11.6 Å². The van der Waals surface area contributed by atoms with E-state index in [-0.39, 0.29) is 12.2 Å². The molecule has 0 bridgehead atoms. The van der Waals surface area contributed by atoms with Crippen LogP contribution in [0.25, 0.3) is 0 Å². The van der Waals surface area contributed by atoms with Gasteiger partial charge in [-0.25, -0.2) is 4.39 Å². The number of ether oxygens (including phenoxy) is 1. The van der Waals surface area contributed by atoms with E-state index in [2.05, 4.69) is 5.32 Å². The number of methoxy groups -OCH3 is 1. The first-order valence-corrected chi connectivity index (χ1v) is 6.97. The predicted octanol–water partition coefficient (Wildman–Crippen LogP) is 1.72. The van der Waals surface area contributed by atoms with Gasteiger partial charge >= 0.3 is 0 Å². The monoisotopic (exact) mass is 316 g/mol. The zero-order valence-electron chi connectivity index (χ0n) is 12.6. The number of primary amides is 1. The first-order chi connectivity index (χ1) is 11.0. The topological polar surface area (TPSA) is 81.4 Å². The highest BCUT2D eigenvalue weighted by molar-refractivity contribution is 5.88. The van der Waals surface area contributed by atoms with Crippen molar-refractivity contribution in [3.63, 3.8) is 0 Å². The van der Waals surface area contributed by atoms with Crippen LogP contribution >= 0.6 is 0 Å². The second-order valence-electron chi connectivity index (χ2n) is 4.96. The predicted molar refractivity (Wildman–Crippen MR) is 83.2 cm³/mol. The van der Waals surface area contributed by atoms with Gasteiger partial charge in [0, 0.05) is 0 Å². The summed E-state index contributed by atoms with van der Waals surface area (Å²) in [5.74, 6) is -1.53. The van der Waals surface area contributed by atoms with Gasteiger partial charge in [-0.3, -0.25) is 9.59 Å². The van der Waals surface area contributed by atoms with Gasteiger partial charge in [-0.05, 0) is 23.3 Å². The number of benzene rings is 2. The van der Waals surface area contributed by atoms with E-state index in [1.807, 2.05) is 0 Å². The maximum absolute atomic E-state index is 13.6. The number of carbonyl (C=O) groups is 2. The lowest BCUT2D eigenvalue weighted by atomic mass is 10.1. The molecular weight excluding hydrogens is 299 g/mol. The quantitative estimate of drug-likeness (QED) is 0.851. The van der Waals surface area contributed by atoms with Gasteiger partial charge in [0.2, 0.25) is 11.8 Å². The van der Waals surface area contributed by atoms with E-state index < -0.39 is 23.7 Å². The molecule has 0 unspecified atom stereocenters. The fourth-order valence-electron chi connectivity index (χ4n) is 2.18. The number of nitrogens with one attached hydrogen (secondary N) is 1. The number of carbonyl (C=O) groups excluding carboxylic acids is 2. The number of hydrogen-bond acceptors (Lipinski definition) is 3. The van der Waals surface area contributed by atoms with E-state index in [9.17, 15) is 14.0 Å². The fourth-order valence-corrected chi connectivity index (χ4v) is 2.18. The molecule has 5 nitrogen and oxygen atoms in total. The summed E-state index contributed by atoms with van der Waals surface area (Å²) >= 11 is 0. The molecule has 0 fully saturated rings. The van der Waals surface area contributed by atoms with Crippen LogP contribution < -0.4 is 15.8 Å². The van der Waals surface area contributed by atoms with Crippen LogP contribution in [-0.4, -0.2) is 18.9 Å². The van der Waals surface area contributed by atoms with Gasteiger partial charge in [0.05, 0.1) is 13.5 Å². The number of nitrogens with two attached hydrogens (primary N) is 1. The zero-order valence-corrected chi connectivity index (χ0v) is 12.6. The van der Waals surface area contributed by atoms with Gasteiger partial charge in [-0.1, -0.05) is 36.4 Å². The normalized spacial score (nSPS) is 11.6. The summed E-state index contributed by atoms with van der Waals surface area (Å²) in [4.78, 5) is 23.7. The maximum Gasteiger partial charge on any atom is 0.244 e. The average molecular weight is 316 g/mol. The Labute approximate surface area is 133 Å². The number of amides is 2. The molecule has 2 aromatic rings. The van der Waals surface area contributed by atoms with E-state index in [0.29, 0.717) is 11.1 Å². The molecule has 6 heteroatoms. The molecular formula is C17H17FN2O3. The van der Waals surface area contributed by atoms with Crippen molar-refractivity contribution in [3.8, 4) is 5.75 Å². The van der Waals surface area contributed by atoms with Crippen LogP contribution in [-0.2, 0) is 16.0 Å². The lowest BCUT2D eigenvalue weighted by molar-refractivity contribution is -0.127. The summed E-state index contributed by atoms with van der Waals surface area (Å²) in [5, 5.41) is 2.56. The molecule has 0 aromatic heterocycles. The molecule has 120 valence electrons. The number of hydrogen-bond donors (Lipinski definition) is 2. The zero-order chi connectivity index (χ0) is 16.8. The number of rotatable bonds is 6. The summed E-state index contributed by atoms with van der Waals surface area (Å²) in [6, 6.07) is 12.0. The highest BCUT2D eigenvalue weighted by Gasteiger charge is 2.20. The Morgan fingerprint density at radius 3 is 2.48 bits per heavy atom. The van der Waals surface area contributed by atoms with E-state index in [0.717, 1.165) is 0 Å². The van der Waals surface area contributed by atoms with Crippen molar-refractivity contribution < 1.29 is 18.7 Å². The van der Waals surface area contributed by atoms with E-state index in [1.165, 1.54) is 19.2 Å². The molecule has 0 radical (unpaired) electrons. The summed E-state index contributed by atoms with van der Waals surface area (Å²) in [6.45, 7) is 0. The molecule has 0 saturated carbocycles. The second-order valence-corrected chi connectivity index (χ2v) is 4.96. The van der Waals surface area contributed by atoms with Crippen molar-refractivity contribution in [2.45, 2.75) is 12.5 Å². The van der Waals surface area contributed by atoms with E-state index in [4.69, 9.17) is 10.5 Å². The molecule has 0 heterocycles. The highest BCUT2D eigenvalue weighted by atomic mass is 19.1. The summed E-state index contributed by atoms with van der Waals surface area (Å²) in [7, 11) is 1.36. The van der Waals surface area contributed by atoms with Gasteiger partial charge in [-0.15, -0.1) is 0 Å². The third-order valence-electron chi connectivity index (χ3n) is 3.30. The smallest absolute Gasteiger partial charge is 0.244 e. The molecule has 1 atom stereocenters. The van der Waals surface area contributed by atoms with E-state index in [1.54, 1.807) is 36.4 Å². The molecule has 2 aromatic carbocycles. The third kappa shape index (κ3) is 4.29. The molecule has 3 N–H and O–H groups in total. The van der Waals surface area contributed by atoms with Crippen molar-refractivity contribution in [2.75, 3.05) is 7.11 Å². The molecule has 0 aliphatic heterocycles. The SMILES string of the molecule is COc1ccc(CC(=O)N[C@@H](C(N)=O)c2ccccc2)cc1F. The molecule has 0 aliphatic rings. The second kappa shape index (κ2) is 7.40. The lowest BCUT2D eigenvalue weighted by Gasteiger charge is -2.16. The molecule has 2 rings (SSSR count). The van der Waals surface area contributed by atoms with Crippen LogP contribution in [0.5, 0.6) is 5.75 Å². The standard InChI is InChI=1S/C17H17FN2O3/c1-23-14-8-7-11(9-13(14)18)10-15(21)20-16(17(19)22)12-5-3-2-4-6-12/h2-9,16H,10H2,1H3,(H2,19,22)(H,20,21)/t16-/m1/s1. The number of halogens is 1. The Kier molecular flexibility index (Phi) is 5.30. The van der Waals surface area contributed by atoms with Crippen molar-refractivity contribution in [3.05, 3.63) is 65.5 Å². The van der Waals surface area contributed by atoms with Crippen molar-refractivity contribution in [1.29, 1.82) is 0 Å². The summed E-state index contributed by atoms with van der Waals surface area (Å²) in [6.07, 6.45) is -0.0719. The average Bonchev–Trinajstić information content (AvgIpc) is 2.53. The Bertz CT molecular complexity index is 704. The van der Waals surface area contributed by atoms with Gasteiger partial charge in [0.1, 0.15) is 6.04 Å². The lowest BCUT2D eigenvalue weighted by Crippen LogP contribution is -2.38. The van der Waals surface area contributed by atoms with Crippen LogP contribution in [0.1, 0.15) is 17.2 Å². The van der Waals surface area contributed by atoms with Gasteiger partial charge in [0.25, 0.3) is 0 Å². The van der Waals surface area contributed by atoms with Crippen LogP contribution in [0.3, 0.4) is 0 Å². The molecule has 0 aliphatic carbocycles. The van der Waals surface area contributed by atoms with Gasteiger partial charge < -0.3 is 15.8 Å². The first-order valence-electron chi connectivity index (χ1n) is 6.97. The van der Waals surface area contributed by atoms with E-state index >= 15 is 0 Å². The van der Waals surface area contributed by atoms with Gasteiger partial charge in [-0.2, -0.15) is 0 Å². The Morgan fingerprint density at radius 2 is 1.91 bits per heavy atom. The summed E-state index contributed by atoms with van der Waals surface area (Å²) in [5.41, 5.74) is 6.40. The Balaban J connectivity index is 2.08. The molecule has 23 heavy (non-hydrogen) atoms. The van der Waals surface area contributed by atoms with Crippen LogP contribution in [0.2, 0.25) is 0 Å². The van der Waals surface area contributed by atoms with Crippen molar-refractivity contribution in [2.24, 2.45) is 5.73 Å². The Hall–Kier alpha value is -2.89. The molecule has 0 saturated heterocycles. The van der Waals surface area contributed by atoms with Crippen molar-refractivity contribution in [1.82, 2.24) is 5.32 Å². The minimum absolute atomic E-state index is 0.0719. The largest absolute Gasteiger partial charge is 0.494 e.